The number of carboxylic acids is 1. The zero-order valence-electron chi connectivity index (χ0n) is 11.7. The third kappa shape index (κ3) is 3.74. The number of fused-ring (bicyclic) bond motifs is 1. The number of carbonyl (C=O) groups is 2. The number of rotatable bonds is 2. The Morgan fingerprint density at radius 2 is 2.00 bits per heavy atom. The van der Waals surface area contributed by atoms with E-state index in [-0.39, 0.29) is 4.88 Å². The standard InChI is InChI=1S/C14H14BrNO4S/c1-14(2,3)20-13(19)16-8-4-5-9-7(11(8)15)6-10(21-9)12(17)18/h4-6H,1-3H3,(H,16,19)(H,17,18). The summed E-state index contributed by atoms with van der Waals surface area (Å²) in [6.07, 6.45) is -0.559. The SMILES string of the molecule is CC(C)(C)OC(=O)Nc1ccc2sc(C(=O)O)cc2c1Br. The van der Waals surface area contributed by atoms with Gasteiger partial charge in [0.25, 0.3) is 0 Å². The molecule has 1 aromatic carbocycles. The Morgan fingerprint density at radius 3 is 2.57 bits per heavy atom. The molecule has 0 fully saturated rings. The number of ether oxygens (including phenoxy) is 1. The van der Waals surface area contributed by atoms with Crippen LogP contribution in [0.3, 0.4) is 0 Å². The summed E-state index contributed by atoms with van der Waals surface area (Å²) < 4.78 is 6.65. The van der Waals surface area contributed by atoms with Crippen molar-refractivity contribution in [3.8, 4) is 0 Å². The molecule has 2 aromatic rings. The highest BCUT2D eigenvalue weighted by atomic mass is 79.9. The van der Waals surface area contributed by atoms with Crippen molar-refractivity contribution in [3.63, 3.8) is 0 Å². The van der Waals surface area contributed by atoms with Crippen molar-refractivity contribution >= 4 is 55.1 Å². The average molecular weight is 372 g/mol. The highest BCUT2D eigenvalue weighted by molar-refractivity contribution is 9.10. The highest BCUT2D eigenvalue weighted by Crippen LogP contribution is 2.36. The Labute approximate surface area is 134 Å². The van der Waals surface area contributed by atoms with Crippen LogP contribution in [-0.2, 0) is 4.74 Å². The third-order valence-electron chi connectivity index (χ3n) is 2.48. The minimum absolute atomic E-state index is 0.250. The fourth-order valence-corrected chi connectivity index (χ4v) is 3.29. The van der Waals surface area contributed by atoms with Gasteiger partial charge in [-0.3, -0.25) is 5.32 Å². The molecule has 2 rings (SSSR count). The van der Waals surface area contributed by atoms with Crippen LogP contribution in [0, 0.1) is 0 Å². The molecule has 0 aliphatic carbocycles. The number of aromatic carboxylic acids is 1. The molecule has 1 aromatic heterocycles. The van der Waals surface area contributed by atoms with Crippen molar-refractivity contribution in [2.45, 2.75) is 26.4 Å². The van der Waals surface area contributed by atoms with Crippen LogP contribution in [0.2, 0.25) is 0 Å². The van der Waals surface area contributed by atoms with Gasteiger partial charge in [0.1, 0.15) is 10.5 Å². The van der Waals surface area contributed by atoms with Gasteiger partial charge in [-0.2, -0.15) is 0 Å². The second-order valence-corrected chi connectivity index (χ2v) is 7.26. The molecule has 7 heteroatoms. The molecule has 1 amide bonds. The molecule has 112 valence electrons. The Balaban J connectivity index is 2.31. The second kappa shape index (κ2) is 5.65. The molecule has 2 N–H and O–H groups in total. The number of halogens is 1. The summed E-state index contributed by atoms with van der Waals surface area (Å²) >= 11 is 4.58. The fraction of sp³-hybridized carbons (Fsp3) is 0.286. The number of hydrogen-bond acceptors (Lipinski definition) is 4. The minimum Gasteiger partial charge on any atom is -0.477 e. The normalized spacial score (nSPS) is 11.4. The lowest BCUT2D eigenvalue weighted by Gasteiger charge is -2.20. The maximum absolute atomic E-state index is 11.8. The summed E-state index contributed by atoms with van der Waals surface area (Å²) in [6, 6.07) is 5.05. The summed E-state index contributed by atoms with van der Waals surface area (Å²) in [5, 5.41) is 12.4. The van der Waals surface area contributed by atoms with Crippen LogP contribution < -0.4 is 5.32 Å². The smallest absolute Gasteiger partial charge is 0.412 e. The number of amides is 1. The van der Waals surface area contributed by atoms with E-state index in [0.717, 1.165) is 10.1 Å². The average Bonchev–Trinajstić information content (AvgIpc) is 2.75. The quantitative estimate of drug-likeness (QED) is 0.801. The van der Waals surface area contributed by atoms with Gasteiger partial charge in [-0.1, -0.05) is 0 Å². The van der Waals surface area contributed by atoms with Gasteiger partial charge in [-0.05, 0) is 54.9 Å². The molecule has 0 spiro atoms. The van der Waals surface area contributed by atoms with Crippen molar-refractivity contribution in [1.29, 1.82) is 0 Å². The highest BCUT2D eigenvalue weighted by Gasteiger charge is 2.18. The van der Waals surface area contributed by atoms with Gasteiger partial charge < -0.3 is 9.84 Å². The van der Waals surface area contributed by atoms with Crippen molar-refractivity contribution < 1.29 is 19.4 Å². The van der Waals surface area contributed by atoms with Crippen molar-refractivity contribution in [2.75, 3.05) is 5.32 Å². The molecular weight excluding hydrogens is 358 g/mol. The topological polar surface area (TPSA) is 75.6 Å². The van der Waals surface area contributed by atoms with E-state index >= 15 is 0 Å². The molecule has 0 radical (unpaired) electrons. The summed E-state index contributed by atoms with van der Waals surface area (Å²) in [5.41, 5.74) is -0.0500. The maximum Gasteiger partial charge on any atom is 0.412 e. The van der Waals surface area contributed by atoms with Gasteiger partial charge >= 0.3 is 12.1 Å². The third-order valence-corrected chi connectivity index (χ3v) is 4.42. The lowest BCUT2D eigenvalue weighted by molar-refractivity contribution is 0.0634. The minimum atomic E-state index is -0.968. The number of benzene rings is 1. The van der Waals surface area contributed by atoms with E-state index in [1.54, 1.807) is 39.0 Å². The second-order valence-electron chi connectivity index (χ2n) is 5.38. The first-order chi connectivity index (χ1) is 9.67. The van der Waals surface area contributed by atoms with Crippen LogP contribution in [-0.4, -0.2) is 22.8 Å². The van der Waals surface area contributed by atoms with Gasteiger partial charge in [-0.25, -0.2) is 9.59 Å². The van der Waals surface area contributed by atoms with E-state index in [0.29, 0.717) is 10.2 Å². The van der Waals surface area contributed by atoms with Crippen LogP contribution in [0.1, 0.15) is 30.4 Å². The largest absolute Gasteiger partial charge is 0.477 e. The molecule has 0 saturated heterocycles. The van der Waals surface area contributed by atoms with Gasteiger partial charge in [0.15, 0.2) is 0 Å². The van der Waals surface area contributed by atoms with Crippen LogP contribution in [0.5, 0.6) is 0 Å². The monoisotopic (exact) mass is 371 g/mol. The summed E-state index contributed by atoms with van der Waals surface area (Å²) in [7, 11) is 0. The summed E-state index contributed by atoms with van der Waals surface area (Å²) in [5.74, 6) is -0.968. The number of carbonyl (C=O) groups excluding carboxylic acids is 1. The molecule has 5 nitrogen and oxygen atoms in total. The molecule has 0 unspecified atom stereocenters. The first kappa shape index (κ1) is 15.8. The number of carboxylic acid groups (broad SMARTS) is 1. The number of thiophene rings is 1. The number of nitrogens with one attached hydrogen (secondary N) is 1. The molecular formula is C14H14BrNO4S. The Hall–Kier alpha value is -1.60. The molecule has 21 heavy (non-hydrogen) atoms. The van der Waals surface area contributed by atoms with E-state index in [1.165, 1.54) is 11.3 Å². The van der Waals surface area contributed by atoms with Crippen LogP contribution in [0.4, 0.5) is 10.5 Å². The Kier molecular flexibility index (Phi) is 4.25. The molecule has 1 heterocycles. The lowest BCUT2D eigenvalue weighted by Crippen LogP contribution is -2.27. The fourth-order valence-electron chi connectivity index (χ4n) is 1.69. The summed E-state index contributed by atoms with van der Waals surface area (Å²) in [6.45, 7) is 5.34. The van der Waals surface area contributed by atoms with Gasteiger partial charge in [0.2, 0.25) is 0 Å². The van der Waals surface area contributed by atoms with Crippen molar-refractivity contribution in [1.82, 2.24) is 0 Å². The molecule has 0 atom stereocenters. The first-order valence-corrected chi connectivity index (χ1v) is 7.73. The summed E-state index contributed by atoms with van der Waals surface area (Å²) in [4.78, 5) is 23.0. The lowest BCUT2D eigenvalue weighted by atomic mass is 10.2. The van der Waals surface area contributed by atoms with Crippen molar-refractivity contribution in [2.24, 2.45) is 0 Å². The van der Waals surface area contributed by atoms with Crippen LogP contribution >= 0.6 is 27.3 Å². The van der Waals surface area contributed by atoms with Gasteiger partial charge in [0.05, 0.1) is 5.69 Å². The van der Waals surface area contributed by atoms with E-state index in [2.05, 4.69) is 21.2 Å². The van der Waals surface area contributed by atoms with Gasteiger partial charge in [-0.15, -0.1) is 11.3 Å². The first-order valence-electron chi connectivity index (χ1n) is 6.13. The predicted molar refractivity (Wildman–Crippen MR) is 86.3 cm³/mol. The van der Waals surface area contributed by atoms with E-state index < -0.39 is 17.7 Å². The zero-order chi connectivity index (χ0) is 15.8. The van der Waals surface area contributed by atoms with E-state index in [4.69, 9.17) is 9.84 Å². The zero-order valence-corrected chi connectivity index (χ0v) is 14.1. The Morgan fingerprint density at radius 1 is 1.33 bits per heavy atom. The predicted octanol–water partition coefficient (Wildman–Crippen LogP) is 4.71. The van der Waals surface area contributed by atoms with Crippen LogP contribution in [0.15, 0.2) is 22.7 Å². The van der Waals surface area contributed by atoms with E-state index in [9.17, 15) is 9.59 Å². The van der Waals surface area contributed by atoms with Crippen molar-refractivity contribution in [3.05, 3.63) is 27.5 Å². The molecule has 0 aliphatic heterocycles. The molecule has 0 aliphatic rings. The number of hydrogen-bond donors (Lipinski definition) is 2. The van der Waals surface area contributed by atoms with Crippen LogP contribution in [0.25, 0.3) is 10.1 Å². The van der Waals surface area contributed by atoms with Gasteiger partial charge in [0, 0.05) is 14.6 Å². The number of anilines is 1. The maximum atomic E-state index is 11.8. The Bertz CT molecular complexity index is 718. The van der Waals surface area contributed by atoms with E-state index in [1.807, 2.05) is 0 Å². The molecule has 0 saturated carbocycles. The molecule has 0 bridgehead atoms.